The highest BCUT2D eigenvalue weighted by atomic mass is 28.3. The van der Waals surface area contributed by atoms with Crippen LogP contribution in [0.25, 0.3) is 0 Å². The molecule has 4 rings (SSSR count). The molecule has 0 aliphatic carbocycles. The van der Waals surface area contributed by atoms with Crippen molar-refractivity contribution in [1.29, 1.82) is 0 Å². The van der Waals surface area contributed by atoms with E-state index in [1.807, 2.05) is 92.7 Å². The molecule has 0 aromatic heterocycles. The minimum absolute atomic E-state index is 0.00136. The van der Waals surface area contributed by atoms with Gasteiger partial charge in [0, 0.05) is 19.9 Å². The van der Waals surface area contributed by atoms with Crippen LogP contribution in [0.5, 0.6) is 0 Å². The van der Waals surface area contributed by atoms with Crippen LogP contribution >= 0.6 is 0 Å². The number of aryl methyl sites for hydroxylation is 4. The minimum atomic E-state index is -1.34. The van der Waals surface area contributed by atoms with E-state index in [0.717, 1.165) is 22.7 Å². The lowest BCUT2D eigenvalue weighted by Gasteiger charge is -2.22. The highest BCUT2D eigenvalue weighted by Crippen LogP contribution is 2.37. The summed E-state index contributed by atoms with van der Waals surface area (Å²) in [6.45, 7) is 33.1. The third-order valence-electron chi connectivity index (χ3n) is 12.2. The monoisotopic (exact) mass is 967 g/mol. The third-order valence-corrected chi connectivity index (χ3v) is 13.9. The Kier molecular flexibility index (Phi) is 21.0. The predicted octanol–water partition coefficient (Wildman–Crippen LogP) is 9.92. The SMILES string of the molecule is Cc1cc(C)c(C(=O)O)c(NC(=O)C[C@@H]2OC(C)(C)O[C@@H]2C(C)/C=C\[C@@H](C)[C@@H](C)O)c1.Cc1cc(C)c(C(=O)OCC[Si](C)(C)C)c(NC(=O)C[C@@H]2OC(C)(C)O[C@@H]2C(C)/C=C\[C@@H](C)[C@@H](C)O)c1. The topological polar surface area (TPSA) is 199 Å². The van der Waals surface area contributed by atoms with Gasteiger partial charge in [-0.2, -0.15) is 0 Å². The van der Waals surface area contributed by atoms with E-state index in [-0.39, 0.29) is 71.8 Å². The molecule has 2 saturated heterocycles. The molecule has 2 aromatic carbocycles. The molecule has 380 valence electrons. The lowest BCUT2D eigenvalue weighted by molar-refractivity contribution is -0.150. The smallest absolute Gasteiger partial charge is 0.340 e. The standard InChI is InChI=1S/C29H47NO6Si.C24H35NO6/c1-18-15-21(4)26(28(33)34-13-14-37(8,9)10)23(16-18)30-25(32)17-24-27(36-29(6,7)35-24)20(3)12-11-19(2)22(5)31;1-13-10-16(4)21(23(28)29)18(11-13)25-20(27)12-19-22(31-24(6,7)30-19)15(3)9-8-14(2)17(5)26/h11-12,15-16,19-20,22,24,27,31H,13-14,17H2,1-10H3,(H,30,32);8-11,14-15,17,19,22,26H,12H2,1-7H3,(H,25,27)(H,28,29)/b12-11-;9-8-/t19-,20?,22-,24+,27-;14-,15?,17-,19+,22-/m11/s1. The van der Waals surface area contributed by atoms with Gasteiger partial charge < -0.3 is 49.6 Å². The quantitative estimate of drug-likeness (QED) is 0.0508. The second-order valence-electron chi connectivity index (χ2n) is 21.2. The number of esters is 1. The zero-order valence-electron chi connectivity index (χ0n) is 43.7. The molecule has 2 aromatic rings. The molecule has 0 bridgehead atoms. The second-order valence-corrected chi connectivity index (χ2v) is 26.9. The maximum absolute atomic E-state index is 13.2. The summed E-state index contributed by atoms with van der Waals surface area (Å²) in [6, 6.07) is 8.03. The van der Waals surface area contributed by atoms with E-state index in [1.54, 1.807) is 52.8 Å². The number of carbonyl (C=O) groups is 4. The first-order chi connectivity index (χ1) is 31.3. The molecule has 14 nitrogen and oxygen atoms in total. The summed E-state index contributed by atoms with van der Waals surface area (Å²) in [5.74, 6) is -3.82. The number of benzene rings is 2. The zero-order valence-corrected chi connectivity index (χ0v) is 44.7. The van der Waals surface area contributed by atoms with E-state index in [9.17, 15) is 34.5 Å². The Labute approximate surface area is 406 Å². The molecule has 2 aliphatic rings. The third kappa shape index (κ3) is 17.9. The van der Waals surface area contributed by atoms with Crippen molar-refractivity contribution in [3.05, 3.63) is 82.0 Å². The Hall–Kier alpha value is -4.22. The van der Waals surface area contributed by atoms with Crippen LogP contribution in [0.3, 0.4) is 0 Å². The first-order valence-corrected chi connectivity index (χ1v) is 27.7. The van der Waals surface area contributed by atoms with Crippen molar-refractivity contribution in [3.8, 4) is 0 Å². The molecule has 0 radical (unpaired) electrons. The van der Waals surface area contributed by atoms with Crippen LogP contribution in [0, 0.1) is 51.4 Å². The summed E-state index contributed by atoms with van der Waals surface area (Å²) in [6.07, 6.45) is 5.47. The lowest BCUT2D eigenvalue weighted by atomic mass is 9.95. The molecular formula is C53H82N2O12Si. The Morgan fingerprint density at radius 1 is 0.647 bits per heavy atom. The number of amides is 2. The predicted molar refractivity (Wildman–Crippen MR) is 270 cm³/mol. The van der Waals surface area contributed by atoms with Gasteiger partial charge in [0.2, 0.25) is 11.8 Å². The molecule has 0 saturated carbocycles. The number of aliphatic hydroxyl groups is 2. The Morgan fingerprint density at radius 2 is 1.03 bits per heavy atom. The first-order valence-electron chi connectivity index (χ1n) is 24.0. The molecule has 2 heterocycles. The van der Waals surface area contributed by atoms with Crippen molar-refractivity contribution < 1.29 is 58.2 Å². The molecular weight excluding hydrogens is 885 g/mol. The molecule has 0 spiro atoms. The number of carboxylic acids is 1. The van der Waals surface area contributed by atoms with Gasteiger partial charge in [0.1, 0.15) is 0 Å². The normalized spacial score (nSPS) is 22.7. The summed E-state index contributed by atoms with van der Waals surface area (Å²) in [4.78, 5) is 50.7. The summed E-state index contributed by atoms with van der Waals surface area (Å²) in [5, 5.41) is 34.7. The van der Waals surface area contributed by atoms with E-state index in [2.05, 4.69) is 30.3 Å². The minimum Gasteiger partial charge on any atom is -0.478 e. The largest absolute Gasteiger partial charge is 0.478 e. The van der Waals surface area contributed by atoms with Gasteiger partial charge in [0.15, 0.2) is 11.6 Å². The molecule has 2 unspecified atom stereocenters. The van der Waals surface area contributed by atoms with Crippen LogP contribution in [0.15, 0.2) is 48.6 Å². The summed E-state index contributed by atoms with van der Waals surface area (Å²) in [7, 11) is -1.34. The van der Waals surface area contributed by atoms with Crippen LogP contribution in [0.1, 0.15) is 125 Å². The average molecular weight is 967 g/mol. The average Bonchev–Trinajstić information content (AvgIpc) is 3.66. The van der Waals surface area contributed by atoms with Gasteiger partial charge in [-0.1, -0.05) is 83.8 Å². The maximum atomic E-state index is 13.2. The fourth-order valence-corrected chi connectivity index (χ4v) is 8.87. The van der Waals surface area contributed by atoms with Crippen LogP contribution in [0.2, 0.25) is 25.7 Å². The van der Waals surface area contributed by atoms with Gasteiger partial charge in [-0.3, -0.25) is 9.59 Å². The highest BCUT2D eigenvalue weighted by Gasteiger charge is 2.45. The summed E-state index contributed by atoms with van der Waals surface area (Å²) in [5.41, 5.74) is 4.37. The van der Waals surface area contributed by atoms with Crippen molar-refractivity contribution in [2.75, 3.05) is 17.2 Å². The van der Waals surface area contributed by atoms with E-state index >= 15 is 0 Å². The zero-order chi connectivity index (χ0) is 51.6. The number of aliphatic hydroxyl groups excluding tert-OH is 2. The molecule has 15 heteroatoms. The molecule has 5 N–H and O–H groups in total. The summed E-state index contributed by atoms with van der Waals surface area (Å²) >= 11 is 0. The van der Waals surface area contributed by atoms with E-state index in [1.165, 1.54) is 0 Å². The Morgan fingerprint density at radius 3 is 1.40 bits per heavy atom. The fraction of sp³-hybridized carbons (Fsp3) is 0.623. The van der Waals surface area contributed by atoms with Gasteiger partial charge in [-0.25, -0.2) is 9.59 Å². The Balaban J connectivity index is 0.000000366. The number of carbonyl (C=O) groups excluding carboxylic acids is 3. The molecule has 2 aliphatic heterocycles. The first kappa shape index (κ1) is 58.1. The van der Waals surface area contributed by atoms with E-state index < -0.39 is 56.0 Å². The van der Waals surface area contributed by atoms with Crippen LogP contribution in [-0.4, -0.2) is 102 Å². The van der Waals surface area contributed by atoms with Crippen molar-refractivity contribution in [3.63, 3.8) is 0 Å². The van der Waals surface area contributed by atoms with Gasteiger partial charge in [-0.15, -0.1) is 0 Å². The number of aromatic carboxylic acids is 1. The lowest BCUT2D eigenvalue weighted by Crippen LogP contribution is -2.32. The number of rotatable bonds is 19. The van der Waals surface area contributed by atoms with E-state index in [4.69, 9.17) is 23.7 Å². The van der Waals surface area contributed by atoms with Gasteiger partial charge in [0.05, 0.1) is 78.6 Å². The van der Waals surface area contributed by atoms with Gasteiger partial charge >= 0.3 is 11.9 Å². The highest BCUT2D eigenvalue weighted by molar-refractivity contribution is 6.76. The number of carboxylic acid groups (broad SMARTS) is 1. The van der Waals surface area contributed by atoms with Crippen molar-refractivity contribution in [1.82, 2.24) is 0 Å². The number of nitrogens with one attached hydrogen (secondary N) is 2. The number of hydrogen-bond acceptors (Lipinski definition) is 11. The summed E-state index contributed by atoms with van der Waals surface area (Å²) < 4.78 is 29.9. The number of ether oxygens (including phenoxy) is 5. The van der Waals surface area contributed by atoms with Crippen LogP contribution < -0.4 is 10.6 Å². The van der Waals surface area contributed by atoms with Crippen LogP contribution in [0.4, 0.5) is 11.4 Å². The van der Waals surface area contributed by atoms with Crippen molar-refractivity contribution in [2.24, 2.45) is 23.7 Å². The Bertz CT molecular complexity index is 2120. The second kappa shape index (κ2) is 24.6. The van der Waals surface area contributed by atoms with Gasteiger partial charge in [0.25, 0.3) is 0 Å². The van der Waals surface area contributed by atoms with Crippen molar-refractivity contribution in [2.45, 2.75) is 184 Å². The molecule has 10 atom stereocenters. The molecule has 2 fully saturated rings. The number of hydrogen-bond donors (Lipinski definition) is 5. The van der Waals surface area contributed by atoms with Crippen LogP contribution in [-0.2, 0) is 33.3 Å². The number of anilines is 2. The van der Waals surface area contributed by atoms with Crippen molar-refractivity contribution >= 4 is 43.2 Å². The molecule has 68 heavy (non-hydrogen) atoms. The van der Waals surface area contributed by atoms with Gasteiger partial charge in [-0.05, 0) is 122 Å². The molecule has 2 amide bonds. The van der Waals surface area contributed by atoms with E-state index in [0.29, 0.717) is 23.4 Å². The fourth-order valence-electron chi connectivity index (χ4n) is 8.15. The maximum Gasteiger partial charge on any atom is 0.340 e.